The van der Waals surface area contributed by atoms with Gasteiger partial charge in [-0.3, -0.25) is 4.90 Å². The van der Waals surface area contributed by atoms with Gasteiger partial charge in [-0.25, -0.2) is 4.39 Å². The minimum atomic E-state index is -0.326. The summed E-state index contributed by atoms with van der Waals surface area (Å²) in [5.41, 5.74) is 5.34. The van der Waals surface area contributed by atoms with E-state index in [4.69, 9.17) is 28.3 Å². The number of nitrogens with zero attached hydrogens (tertiary/aromatic N) is 3. The van der Waals surface area contributed by atoms with Gasteiger partial charge in [0.1, 0.15) is 5.82 Å². The molecule has 0 radical (unpaired) electrons. The summed E-state index contributed by atoms with van der Waals surface area (Å²) in [7, 11) is 0. The molecule has 1 unspecified atom stereocenters. The highest BCUT2D eigenvalue weighted by Gasteiger charge is 2.34. The third-order valence-corrected chi connectivity index (χ3v) is 6.29. The molecule has 4 aromatic rings. The Morgan fingerprint density at radius 2 is 1.65 bits per heavy atom. The second-order valence-electron chi connectivity index (χ2n) is 8.03. The molecule has 5 rings (SSSR count). The lowest BCUT2D eigenvalue weighted by Gasteiger charge is -2.37. The van der Waals surface area contributed by atoms with E-state index >= 15 is 0 Å². The monoisotopic (exact) mass is 490 g/mol. The van der Waals surface area contributed by atoms with Crippen LogP contribution in [0.5, 0.6) is 0 Å². The fourth-order valence-corrected chi connectivity index (χ4v) is 4.47. The molecule has 3 aromatic carbocycles. The first kappa shape index (κ1) is 22.3. The minimum absolute atomic E-state index is 0.326. The van der Waals surface area contributed by atoms with Crippen molar-refractivity contribution in [3.05, 3.63) is 106 Å². The number of halogens is 2. The van der Waals surface area contributed by atoms with Gasteiger partial charge in [-0.1, -0.05) is 46.6 Å². The molecule has 1 aliphatic heterocycles. The van der Waals surface area contributed by atoms with Gasteiger partial charge in [0.15, 0.2) is 5.11 Å². The smallest absolute Gasteiger partial charge is 0.258 e. The lowest BCUT2D eigenvalue weighted by molar-refractivity contribution is 0.404. The Labute approximate surface area is 206 Å². The molecule has 0 amide bonds. The summed E-state index contributed by atoms with van der Waals surface area (Å²) in [6.45, 7) is 4.02. The topological polar surface area (TPSA) is 54.2 Å². The molecule has 0 fully saturated rings. The molecule has 0 saturated carbocycles. The van der Waals surface area contributed by atoms with Crippen molar-refractivity contribution in [2.24, 2.45) is 0 Å². The molecule has 0 spiro atoms. The Balaban J connectivity index is 1.64. The zero-order valence-corrected chi connectivity index (χ0v) is 20.0. The number of allylic oxidation sites excluding steroid dienone is 1. The van der Waals surface area contributed by atoms with Crippen LogP contribution in [0.15, 0.2) is 83.0 Å². The Morgan fingerprint density at radius 1 is 0.971 bits per heavy atom. The number of benzene rings is 3. The summed E-state index contributed by atoms with van der Waals surface area (Å²) in [6.07, 6.45) is 0. The molecule has 1 aromatic heterocycles. The lowest BCUT2D eigenvalue weighted by Crippen LogP contribution is -2.46. The fourth-order valence-electron chi connectivity index (χ4n) is 3.98. The van der Waals surface area contributed by atoms with Crippen molar-refractivity contribution >= 4 is 40.2 Å². The van der Waals surface area contributed by atoms with E-state index in [1.165, 1.54) is 12.1 Å². The van der Waals surface area contributed by atoms with Crippen LogP contribution in [-0.2, 0) is 0 Å². The number of anilines is 1. The normalized spacial score (nSPS) is 16.1. The van der Waals surface area contributed by atoms with E-state index in [1.807, 2.05) is 67.3 Å². The van der Waals surface area contributed by atoms with E-state index in [9.17, 15) is 4.39 Å². The van der Waals surface area contributed by atoms with Gasteiger partial charge in [0.2, 0.25) is 5.82 Å². The van der Waals surface area contributed by atoms with E-state index in [1.54, 1.807) is 12.1 Å². The number of hydrogen-bond acceptors (Lipinski definition) is 4. The summed E-state index contributed by atoms with van der Waals surface area (Å²) in [4.78, 5) is 6.61. The van der Waals surface area contributed by atoms with Gasteiger partial charge in [-0.15, -0.1) is 0 Å². The van der Waals surface area contributed by atoms with Crippen LogP contribution in [0.2, 0.25) is 5.02 Å². The van der Waals surface area contributed by atoms with Gasteiger partial charge in [0.25, 0.3) is 5.89 Å². The molecule has 2 heterocycles. The number of rotatable bonds is 4. The molecule has 1 aliphatic rings. The highest BCUT2D eigenvalue weighted by molar-refractivity contribution is 7.80. The van der Waals surface area contributed by atoms with Crippen molar-refractivity contribution in [1.82, 2.24) is 15.5 Å². The highest BCUT2D eigenvalue weighted by atomic mass is 35.5. The van der Waals surface area contributed by atoms with Crippen molar-refractivity contribution in [1.29, 1.82) is 0 Å². The predicted molar refractivity (Wildman–Crippen MR) is 136 cm³/mol. The van der Waals surface area contributed by atoms with Crippen molar-refractivity contribution in [3.63, 3.8) is 0 Å². The number of nitrogens with one attached hydrogen (secondary N) is 1. The van der Waals surface area contributed by atoms with Gasteiger partial charge in [0, 0.05) is 22.0 Å². The van der Waals surface area contributed by atoms with Gasteiger partial charge >= 0.3 is 0 Å². The van der Waals surface area contributed by atoms with Crippen LogP contribution >= 0.6 is 23.8 Å². The van der Waals surface area contributed by atoms with Crippen LogP contribution in [0.1, 0.15) is 30.0 Å². The van der Waals surface area contributed by atoms with E-state index in [0.29, 0.717) is 27.4 Å². The van der Waals surface area contributed by atoms with Crippen molar-refractivity contribution in [2.45, 2.75) is 19.9 Å². The predicted octanol–water partition coefficient (Wildman–Crippen LogP) is 6.70. The third kappa shape index (κ3) is 4.20. The summed E-state index contributed by atoms with van der Waals surface area (Å²) in [5.74, 6) is 0.400. The van der Waals surface area contributed by atoms with Gasteiger partial charge in [0.05, 0.1) is 11.6 Å². The Morgan fingerprint density at radius 3 is 2.32 bits per heavy atom. The van der Waals surface area contributed by atoms with Crippen molar-refractivity contribution < 1.29 is 8.91 Å². The lowest BCUT2D eigenvalue weighted by atomic mass is 9.94. The maximum Gasteiger partial charge on any atom is 0.258 e. The fraction of sp³-hybridized carbons (Fsp3) is 0.115. The van der Waals surface area contributed by atoms with Gasteiger partial charge in [-0.2, -0.15) is 4.98 Å². The molecule has 1 N–H and O–H groups in total. The number of hydrogen-bond donors (Lipinski definition) is 1. The van der Waals surface area contributed by atoms with Crippen molar-refractivity contribution in [3.8, 4) is 11.4 Å². The first-order valence-corrected chi connectivity index (χ1v) is 11.4. The maximum absolute atomic E-state index is 13.4. The van der Waals surface area contributed by atoms with Crippen LogP contribution in [0.4, 0.5) is 10.1 Å². The van der Waals surface area contributed by atoms with Gasteiger partial charge in [-0.05, 0) is 80.2 Å². The Bertz CT molecular complexity index is 1380. The summed E-state index contributed by atoms with van der Waals surface area (Å²) >= 11 is 11.9. The largest absolute Gasteiger partial charge is 0.351 e. The summed E-state index contributed by atoms with van der Waals surface area (Å²) in [5, 5.41) is 8.78. The first-order chi connectivity index (χ1) is 16.4. The van der Waals surface area contributed by atoms with Crippen LogP contribution < -0.4 is 10.2 Å². The van der Waals surface area contributed by atoms with Crippen LogP contribution in [-0.4, -0.2) is 15.3 Å². The molecule has 0 saturated heterocycles. The minimum Gasteiger partial charge on any atom is -0.351 e. The second-order valence-corrected chi connectivity index (χ2v) is 8.86. The van der Waals surface area contributed by atoms with Crippen molar-refractivity contribution in [2.75, 3.05) is 4.90 Å². The molecule has 170 valence electrons. The molecule has 0 bridgehead atoms. The molecule has 34 heavy (non-hydrogen) atoms. The Kier molecular flexibility index (Phi) is 5.89. The summed E-state index contributed by atoms with van der Waals surface area (Å²) in [6, 6.07) is 21.3. The molecular formula is C26H20ClFN4OS. The maximum atomic E-state index is 13.4. The van der Waals surface area contributed by atoms with Crippen LogP contribution in [0.3, 0.4) is 0 Å². The SMILES string of the molecule is CC1=C(c2nc(-c3ccc(F)cc3)no2)C(c2ccc(Cl)cc2)NC(=S)N1c1ccc(C)cc1. The summed E-state index contributed by atoms with van der Waals surface area (Å²) < 4.78 is 19.1. The zero-order chi connectivity index (χ0) is 23.8. The average molecular weight is 491 g/mol. The standard InChI is InChI=1S/C26H20ClFN4OS/c1-15-3-13-21(14-4-15)32-16(2)22(23(29-26(32)34)17-5-9-19(27)10-6-17)25-30-24(31-33-25)18-7-11-20(28)12-8-18/h3-14,23H,1-2H3,(H,29,34). The quantitative estimate of drug-likeness (QED) is 0.321. The van der Waals surface area contributed by atoms with Gasteiger partial charge < -0.3 is 9.84 Å². The average Bonchev–Trinajstić information content (AvgIpc) is 3.30. The van der Waals surface area contributed by atoms with Crippen LogP contribution in [0.25, 0.3) is 17.0 Å². The van der Waals surface area contributed by atoms with E-state index in [-0.39, 0.29) is 11.9 Å². The molecule has 1 atom stereocenters. The molecule has 0 aliphatic carbocycles. The van der Waals surface area contributed by atoms with E-state index < -0.39 is 0 Å². The zero-order valence-electron chi connectivity index (χ0n) is 18.4. The molecular weight excluding hydrogens is 471 g/mol. The second kappa shape index (κ2) is 9.00. The van der Waals surface area contributed by atoms with Crippen LogP contribution in [0, 0.1) is 12.7 Å². The molecule has 5 nitrogen and oxygen atoms in total. The van der Waals surface area contributed by atoms with E-state index in [2.05, 4.69) is 15.5 Å². The molecule has 8 heteroatoms. The highest BCUT2D eigenvalue weighted by Crippen LogP contribution is 2.39. The first-order valence-electron chi connectivity index (χ1n) is 10.6. The Hall–Kier alpha value is -3.55. The third-order valence-electron chi connectivity index (χ3n) is 5.74. The van der Waals surface area contributed by atoms with E-state index in [0.717, 1.165) is 28.1 Å². The number of thiocarbonyl (C=S) groups is 1. The number of aromatic nitrogens is 2. The number of aryl methyl sites for hydroxylation is 1.